The highest BCUT2D eigenvalue weighted by molar-refractivity contribution is 5.89. The van der Waals surface area contributed by atoms with Crippen LogP contribution in [0, 0.1) is 0 Å². The van der Waals surface area contributed by atoms with Gasteiger partial charge in [-0.2, -0.15) is 0 Å². The van der Waals surface area contributed by atoms with Crippen molar-refractivity contribution in [2.24, 2.45) is 0 Å². The summed E-state index contributed by atoms with van der Waals surface area (Å²) >= 11 is 0. The van der Waals surface area contributed by atoms with E-state index in [1.807, 2.05) is 6.07 Å². The zero-order valence-electron chi connectivity index (χ0n) is 17.9. The number of carbonyl (C=O) groups excluding carboxylic acids is 1. The largest absolute Gasteiger partial charge is 0.492 e. The number of fused-ring (bicyclic) bond motifs is 2. The molecule has 1 aromatic heterocycles. The van der Waals surface area contributed by atoms with E-state index in [1.165, 1.54) is 6.20 Å². The Bertz CT molecular complexity index is 1100. The lowest BCUT2D eigenvalue weighted by molar-refractivity contribution is 0.0187. The molecule has 8 heteroatoms. The maximum Gasteiger partial charge on any atom is 0.340 e. The standard InChI is InChI=1S/C24H24N2O6/c1-28-15-5-6-24-17-9-18-22(31-13-30-18)21(29-2)16(17)11-26(19(24)8-15)12-20(24)32-23(27)14-4-3-7-25-10-14/h3-7,9-10,15,19-20H,8,11-13H2,1-2H3/t15-,19+,20?,24+/m0/s1. The number of esters is 1. The van der Waals surface area contributed by atoms with Crippen molar-refractivity contribution in [1.82, 2.24) is 9.88 Å². The van der Waals surface area contributed by atoms with Crippen LogP contribution in [0.2, 0.25) is 0 Å². The van der Waals surface area contributed by atoms with Crippen LogP contribution in [0.15, 0.2) is 42.7 Å². The Hall–Kier alpha value is -3.10. The summed E-state index contributed by atoms with van der Waals surface area (Å²) in [6, 6.07) is 5.62. The molecule has 8 nitrogen and oxygen atoms in total. The zero-order chi connectivity index (χ0) is 21.9. The average molecular weight is 436 g/mol. The molecule has 0 N–H and O–H groups in total. The smallest absolute Gasteiger partial charge is 0.340 e. The van der Waals surface area contributed by atoms with Crippen LogP contribution in [0.4, 0.5) is 0 Å². The van der Waals surface area contributed by atoms with Crippen LogP contribution in [-0.2, 0) is 21.4 Å². The summed E-state index contributed by atoms with van der Waals surface area (Å²) in [6.07, 6.45) is 7.87. The van der Waals surface area contributed by atoms with E-state index < -0.39 is 5.41 Å². The van der Waals surface area contributed by atoms with Crippen molar-refractivity contribution >= 4 is 5.97 Å². The van der Waals surface area contributed by atoms with E-state index >= 15 is 0 Å². The molecule has 32 heavy (non-hydrogen) atoms. The van der Waals surface area contributed by atoms with E-state index in [0.717, 1.165) is 17.5 Å². The molecule has 0 saturated carbocycles. The maximum absolute atomic E-state index is 13.0. The zero-order valence-corrected chi connectivity index (χ0v) is 17.9. The summed E-state index contributed by atoms with van der Waals surface area (Å²) < 4.78 is 29.0. The SMILES string of the molecule is COc1c2c(cc3c1OCO3)[C@]13C=C[C@H](OC)C[C@H]1N(C2)CC3OC(=O)c1cccnc1. The third-order valence-electron chi connectivity index (χ3n) is 7.17. The van der Waals surface area contributed by atoms with E-state index in [0.29, 0.717) is 35.9 Å². The average Bonchev–Trinajstić information content (AvgIpc) is 3.38. The molecule has 1 aliphatic carbocycles. The third-order valence-corrected chi connectivity index (χ3v) is 7.17. The van der Waals surface area contributed by atoms with Crippen molar-refractivity contribution < 1.29 is 28.5 Å². The highest BCUT2D eigenvalue weighted by atomic mass is 16.7. The lowest BCUT2D eigenvalue weighted by atomic mass is 9.65. The van der Waals surface area contributed by atoms with Gasteiger partial charge in [0.15, 0.2) is 11.5 Å². The molecule has 1 saturated heterocycles. The molecule has 0 radical (unpaired) electrons. The highest BCUT2D eigenvalue weighted by Gasteiger charge is 2.61. The summed E-state index contributed by atoms with van der Waals surface area (Å²) in [5.74, 6) is 1.62. The molecular formula is C24H24N2O6. The van der Waals surface area contributed by atoms with E-state index in [4.69, 9.17) is 23.7 Å². The van der Waals surface area contributed by atoms with Crippen LogP contribution >= 0.6 is 0 Å². The van der Waals surface area contributed by atoms with Crippen LogP contribution < -0.4 is 14.2 Å². The Labute approximate surface area is 185 Å². The van der Waals surface area contributed by atoms with Gasteiger partial charge in [0.2, 0.25) is 12.5 Å². The molecule has 2 unspecified atom stereocenters. The van der Waals surface area contributed by atoms with E-state index in [2.05, 4.69) is 22.0 Å². The van der Waals surface area contributed by atoms with Crippen LogP contribution in [-0.4, -0.2) is 61.7 Å². The van der Waals surface area contributed by atoms with Gasteiger partial charge in [-0.3, -0.25) is 9.88 Å². The second kappa shape index (κ2) is 7.21. The van der Waals surface area contributed by atoms with Gasteiger partial charge < -0.3 is 23.7 Å². The number of nitrogens with zero attached hydrogens (tertiary/aromatic N) is 2. The minimum absolute atomic E-state index is 0.0147. The fourth-order valence-electron chi connectivity index (χ4n) is 5.76. The van der Waals surface area contributed by atoms with Crippen LogP contribution in [0.3, 0.4) is 0 Å². The van der Waals surface area contributed by atoms with Gasteiger partial charge >= 0.3 is 5.97 Å². The van der Waals surface area contributed by atoms with Crippen LogP contribution in [0.25, 0.3) is 0 Å². The molecule has 4 aliphatic rings. The summed E-state index contributed by atoms with van der Waals surface area (Å²) in [7, 11) is 3.37. The number of hydrogen-bond donors (Lipinski definition) is 0. The van der Waals surface area contributed by atoms with Gasteiger partial charge in [0.1, 0.15) is 6.10 Å². The van der Waals surface area contributed by atoms with Crippen molar-refractivity contribution in [2.45, 2.75) is 36.6 Å². The van der Waals surface area contributed by atoms with Crippen molar-refractivity contribution in [3.05, 3.63) is 59.4 Å². The summed E-state index contributed by atoms with van der Waals surface area (Å²) in [4.78, 5) is 19.4. The van der Waals surface area contributed by atoms with Crippen molar-refractivity contribution in [2.75, 3.05) is 27.6 Å². The molecule has 0 amide bonds. The van der Waals surface area contributed by atoms with Crippen molar-refractivity contribution in [3.8, 4) is 17.2 Å². The molecule has 0 spiro atoms. The minimum Gasteiger partial charge on any atom is -0.492 e. The molecule has 5 atom stereocenters. The number of benzene rings is 1. The third kappa shape index (κ3) is 2.63. The lowest BCUT2D eigenvalue weighted by Crippen LogP contribution is -2.53. The predicted molar refractivity (Wildman–Crippen MR) is 113 cm³/mol. The summed E-state index contributed by atoms with van der Waals surface area (Å²) in [5.41, 5.74) is 2.02. The molecule has 6 rings (SSSR count). The van der Waals surface area contributed by atoms with Gasteiger partial charge in [-0.15, -0.1) is 0 Å². The second-order valence-corrected chi connectivity index (χ2v) is 8.55. The first-order valence-corrected chi connectivity index (χ1v) is 10.7. The van der Waals surface area contributed by atoms with Gasteiger partial charge in [-0.25, -0.2) is 4.79 Å². The number of methoxy groups -OCH3 is 2. The number of carbonyl (C=O) groups is 1. The number of rotatable bonds is 4. The molecule has 1 fully saturated rings. The monoisotopic (exact) mass is 436 g/mol. The van der Waals surface area contributed by atoms with E-state index in [9.17, 15) is 4.79 Å². The second-order valence-electron chi connectivity index (χ2n) is 8.55. The Kier molecular flexibility index (Phi) is 4.41. The van der Waals surface area contributed by atoms with E-state index in [1.54, 1.807) is 32.5 Å². The summed E-state index contributed by atoms with van der Waals surface area (Å²) in [5, 5.41) is 0. The van der Waals surface area contributed by atoms with Crippen LogP contribution in [0.1, 0.15) is 27.9 Å². The van der Waals surface area contributed by atoms with Gasteiger partial charge in [-0.1, -0.05) is 12.2 Å². The van der Waals surface area contributed by atoms with Crippen molar-refractivity contribution in [3.63, 3.8) is 0 Å². The Morgan fingerprint density at radius 3 is 3.00 bits per heavy atom. The van der Waals surface area contributed by atoms with Crippen LogP contribution in [0.5, 0.6) is 17.2 Å². The highest BCUT2D eigenvalue weighted by Crippen LogP contribution is 2.57. The number of hydrogen-bond acceptors (Lipinski definition) is 8. The van der Waals surface area contributed by atoms with Gasteiger partial charge in [-0.05, 0) is 30.2 Å². The molecule has 4 heterocycles. The number of pyridine rings is 1. The first kappa shape index (κ1) is 19.6. The molecule has 3 aliphatic heterocycles. The molecule has 166 valence electrons. The topological polar surface area (TPSA) is 79.4 Å². The quantitative estimate of drug-likeness (QED) is 0.534. The molecular weight excluding hydrogens is 412 g/mol. The predicted octanol–water partition coefficient (Wildman–Crippen LogP) is 2.46. The van der Waals surface area contributed by atoms with Gasteiger partial charge in [0.25, 0.3) is 0 Å². The normalized spacial score (nSPS) is 31.1. The Morgan fingerprint density at radius 2 is 2.22 bits per heavy atom. The fraction of sp³-hybridized carbons (Fsp3) is 0.417. The Morgan fingerprint density at radius 1 is 1.31 bits per heavy atom. The first-order valence-electron chi connectivity index (χ1n) is 10.7. The summed E-state index contributed by atoms with van der Waals surface area (Å²) in [6.45, 7) is 1.45. The molecule has 2 aromatic rings. The van der Waals surface area contributed by atoms with Gasteiger partial charge in [0, 0.05) is 44.2 Å². The fourth-order valence-corrected chi connectivity index (χ4v) is 5.76. The van der Waals surface area contributed by atoms with Gasteiger partial charge in [0.05, 0.1) is 24.2 Å². The van der Waals surface area contributed by atoms with E-state index in [-0.39, 0.29) is 31.0 Å². The lowest BCUT2D eigenvalue weighted by Gasteiger charge is -2.46. The molecule has 1 aromatic carbocycles. The number of ether oxygens (including phenoxy) is 5. The molecule has 2 bridgehead atoms. The minimum atomic E-state index is -0.533. The van der Waals surface area contributed by atoms with Crippen molar-refractivity contribution in [1.29, 1.82) is 0 Å². The maximum atomic E-state index is 13.0. The number of aromatic nitrogens is 1. The Balaban J connectivity index is 1.49. The first-order chi connectivity index (χ1) is 15.7.